The van der Waals surface area contributed by atoms with Gasteiger partial charge in [0.05, 0.1) is 12.1 Å². The second-order valence-corrected chi connectivity index (χ2v) is 6.41. The lowest BCUT2D eigenvalue weighted by atomic mass is 10.1. The van der Waals surface area contributed by atoms with Crippen molar-refractivity contribution >= 4 is 34.0 Å². The Morgan fingerprint density at radius 3 is 2.73 bits per heavy atom. The number of fused-ring (bicyclic) bond motifs is 2. The maximum Gasteiger partial charge on any atom is 0.266 e. The van der Waals surface area contributed by atoms with Crippen molar-refractivity contribution in [1.29, 1.82) is 0 Å². The van der Waals surface area contributed by atoms with E-state index in [0.29, 0.717) is 17.1 Å². The van der Waals surface area contributed by atoms with Crippen LogP contribution in [-0.2, 0) is 9.59 Å². The van der Waals surface area contributed by atoms with Crippen molar-refractivity contribution in [3.8, 4) is 5.75 Å². The number of nitrogens with one attached hydrogen (secondary N) is 2. The van der Waals surface area contributed by atoms with Gasteiger partial charge in [-0.3, -0.25) is 9.59 Å². The van der Waals surface area contributed by atoms with Gasteiger partial charge in [0, 0.05) is 5.69 Å². The molecule has 3 aromatic carbocycles. The highest BCUT2D eigenvalue weighted by Crippen LogP contribution is 2.31. The number of amides is 2. The molecule has 3 aromatic rings. The molecule has 1 unspecified atom stereocenters. The summed E-state index contributed by atoms with van der Waals surface area (Å²) >= 11 is 0. The molecule has 0 aromatic heterocycles. The SMILES string of the molecule is Cc1ccc2c(c1)NC(=O)C(CC(=O)Nc1ccc3ccccc3c1)O2. The van der Waals surface area contributed by atoms with Gasteiger partial charge in [0.1, 0.15) is 5.75 Å². The Morgan fingerprint density at radius 1 is 1.08 bits per heavy atom. The second kappa shape index (κ2) is 6.52. The molecule has 1 heterocycles. The van der Waals surface area contributed by atoms with Crippen molar-refractivity contribution in [2.24, 2.45) is 0 Å². The van der Waals surface area contributed by atoms with Gasteiger partial charge >= 0.3 is 0 Å². The third-order valence-electron chi connectivity index (χ3n) is 4.36. The summed E-state index contributed by atoms with van der Waals surface area (Å²) < 4.78 is 5.70. The number of aryl methyl sites for hydroxylation is 1. The van der Waals surface area contributed by atoms with E-state index in [4.69, 9.17) is 4.74 Å². The van der Waals surface area contributed by atoms with Crippen LogP contribution in [-0.4, -0.2) is 17.9 Å². The molecule has 1 aliphatic rings. The summed E-state index contributed by atoms with van der Waals surface area (Å²) in [5.41, 5.74) is 2.36. The Balaban J connectivity index is 1.45. The highest BCUT2D eigenvalue weighted by molar-refractivity contribution is 6.02. The van der Waals surface area contributed by atoms with Crippen LogP contribution >= 0.6 is 0 Å². The van der Waals surface area contributed by atoms with E-state index < -0.39 is 6.10 Å². The highest BCUT2D eigenvalue weighted by atomic mass is 16.5. The number of hydrogen-bond donors (Lipinski definition) is 2. The molecular formula is C21H18N2O3. The molecule has 2 amide bonds. The molecule has 0 saturated carbocycles. The maximum absolute atomic E-state index is 12.4. The zero-order valence-electron chi connectivity index (χ0n) is 14.3. The fourth-order valence-electron chi connectivity index (χ4n) is 3.05. The Labute approximate surface area is 151 Å². The molecule has 2 N–H and O–H groups in total. The lowest BCUT2D eigenvalue weighted by Crippen LogP contribution is -2.39. The first-order valence-electron chi connectivity index (χ1n) is 8.45. The van der Waals surface area contributed by atoms with Crippen LogP contribution in [0.2, 0.25) is 0 Å². The number of carbonyl (C=O) groups is 2. The topological polar surface area (TPSA) is 67.4 Å². The monoisotopic (exact) mass is 346 g/mol. The molecular weight excluding hydrogens is 328 g/mol. The van der Waals surface area contributed by atoms with Crippen molar-refractivity contribution in [2.75, 3.05) is 10.6 Å². The summed E-state index contributed by atoms with van der Waals surface area (Å²) in [4.78, 5) is 24.6. The zero-order valence-corrected chi connectivity index (χ0v) is 14.3. The predicted molar refractivity (Wildman–Crippen MR) is 101 cm³/mol. The van der Waals surface area contributed by atoms with Gasteiger partial charge in [-0.1, -0.05) is 36.4 Å². The molecule has 0 aliphatic carbocycles. The van der Waals surface area contributed by atoms with E-state index in [0.717, 1.165) is 16.3 Å². The van der Waals surface area contributed by atoms with Crippen molar-refractivity contribution in [3.63, 3.8) is 0 Å². The van der Waals surface area contributed by atoms with E-state index in [1.165, 1.54) is 0 Å². The van der Waals surface area contributed by atoms with Crippen LogP contribution in [0.25, 0.3) is 10.8 Å². The number of carbonyl (C=O) groups excluding carboxylic acids is 2. The Kier molecular flexibility index (Phi) is 4.05. The lowest BCUT2D eigenvalue weighted by Gasteiger charge is -2.25. The fraction of sp³-hybridized carbons (Fsp3) is 0.143. The van der Waals surface area contributed by atoms with Gasteiger partial charge in [-0.05, 0) is 47.5 Å². The first-order chi connectivity index (χ1) is 12.6. The second-order valence-electron chi connectivity index (χ2n) is 6.41. The predicted octanol–water partition coefficient (Wildman–Crippen LogP) is 3.88. The van der Waals surface area contributed by atoms with Crippen LogP contribution < -0.4 is 15.4 Å². The van der Waals surface area contributed by atoms with Crippen molar-refractivity contribution < 1.29 is 14.3 Å². The number of hydrogen-bond acceptors (Lipinski definition) is 3. The molecule has 1 atom stereocenters. The summed E-state index contributed by atoms with van der Waals surface area (Å²) in [6, 6.07) is 19.2. The van der Waals surface area contributed by atoms with Crippen molar-refractivity contribution in [2.45, 2.75) is 19.4 Å². The molecule has 26 heavy (non-hydrogen) atoms. The summed E-state index contributed by atoms with van der Waals surface area (Å²) in [7, 11) is 0. The van der Waals surface area contributed by atoms with Crippen molar-refractivity contribution in [1.82, 2.24) is 0 Å². The molecule has 0 radical (unpaired) electrons. The van der Waals surface area contributed by atoms with Gasteiger partial charge in [-0.25, -0.2) is 0 Å². The third-order valence-corrected chi connectivity index (χ3v) is 4.36. The van der Waals surface area contributed by atoms with Gasteiger partial charge in [0.2, 0.25) is 5.91 Å². The van der Waals surface area contributed by atoms with E-state index >= 15 is 0 Å². The molecule has 1 aliphatic heterocycles. The third kappa shape index (κ3) is 3.24. The summed E-state index contributed by atoms with van der Waals surface area (Å²) in [5.74, 6) is 0.00598. The maximum atomic E-state index is 12.4. The van der Waals surface area contributed by atoms with Gasteiger partial charge in [-0.15, -0.1) is 0 Å². The largest absolute Gasteiger partial charge is 0.478 e. The number of ether oxygens (including phenoxy) is 1. The van der Waals surface area contributed by atoms with E-state index in [1.807, 2.05) is 61.5 Å². The molecule has 5 heteroatoms. The first-order valence-corrected chi connectivity index (χ1v) is 8.45. The standard InChI is InChI=1S/C21H18N2O3/c1-13-6-9-18-17(10-13)23-21(25)19(26-18)12-20(24)22-16-8-7-14-4-2-3-5-15(14)11-16/h2-11,19H,12H2,1H3,(H,22,24)(H,23,25). The highest BCUT2D eigenvalue weighted by Gasteiger charge is 2.29. The van der Waals surface area contributed by atoms with Crippen LogP contribution in [0.15, 0.2) is 60.7 Å². The van der Waals surface area contributed by atoms with Crippen LogP contribution in [0.5, 0.6) is 5.75 Å². The van der Waals surface area contributed by atoms with E-state index in [-0.39, 0.29) is 18.2 Å². The molecule has 0 saturated heterocycles. The van der Waals surface area contributed by atoms with E-state index in [2.05, 4.69) is 10.6 Å². The number of benzene rings is 3. The quantitative estimate of drug-likeness (QED) is 0.756. The van der Waals surface area contributed by atoms with Gasteiger partial charge in [0.25, 0.3) is 5.91 Å². The molecule has 5 nitrogen and oxygen atoms in total. The molecule has 0 fully saturated rings. The summed E-state index contributed by atoms with van der Waals surface area (Å²) in [6.07, 6.45) is -0.892. The molecule has 0 spiro atoms. The number of anilines is 2. The number of rotatable bonds is 3. The van der Waals surface area contributed by atoms with Crippen LogP contribution in [0.1, 0.15) is 12.0 Å². The average Bonchev–Trinajstić information content (AvgIpc) is 2.62. The van der Waals surface area contributed by atoms with Crippen LogP contribution in [0, 0.1) is 6.92 Å². The van der Waals surface area contributed by atoms with E-state index in [9.17, 15) is 9.59 Å². The minimum atomic E-state index is -0.842. The Hall–Kier alpha value is -3.34. The van der Waals surface area contributed by atoms with Gasteiger partial charge in [-0.2, -0.15) is 0 Å². The van der Waals surface area contributed by atoms with Gasteiger partial charge < -0.3 is 15.4 Å². The van der Waals surface area contributed by atoms with E-state index in [1.54, 1.807) is 6.07 Å². The van der Waals surface area contributed by atoms with Crippen molar-refractivity contribution in [3.05, 3.63) is 66.2 Å². The zero-order chi connectivity index (χ0) is 18.1. The van der Waals surface area contributed by atoms with Crippen LogP contribution in [0.3, 0.4) is 0 Å². The normalized spacial score (nSPS) is 15.7. The molecule has 130 valence electrons. The van der Waals surface area contributed by atoms with Crippen LogP contribution in [0.4, 0.5) is 11.4 Å². The summed E-state index contributed by atoms with van der Waals surface area (Å²) in [5, 5.41) is 7.78. The summed E-state index contributed by atoms with van der Waals surface area (Å²) in [6.45, 7) is 1.94. The van der Waals surface area contributed by atoms with Gasteiger partial charge in [0.15, 0.2) is 6.10 Å². The average molecular weight is 346 g/mol. The minimum absolute atomic E-state index is 0.0496. The molecule has 0 bridgehead atoms. The first kappa shape index (κ1) is 16.1. The molecule has 4 rings (SSSR count). The Morgan fingerprint density at radius 2 is 1.88 bits per heavy atom. The smallest absolute Gasteiger partial charge is 0.266 e. The fourth-order valence-corrected chi connectivity index (χ4v) is 3.05. The lowest BCUT2D eigenvalue weighted by molar-refractivity contribution is -0.128. The minimum Gasteiger partial charge on any atom is -0.478 e. The Bertz CT molecular complexity index is 1010.